The van der Waals surface area contributed by atoms with Crippen molar-refractivity contribution >= 4 is 21.6 Å². The lowest BCUT2D eigenvalue weighted by Gasteiger charge is -2.09. The first-order chi connectivity index (χ1) is 13.5. The smallest absolute Gasteiger partial charge is 0.241 e. The summed E-state index contributed by atoms with van der Waals surface area (Å²) in [4.78, 5) is 12.1. The van der Waals surface area contributed by atoms with Crippen LogP contribution in [0.25, 0.3) is 11.1 Å². The lowest BCUT2D eigenvalue weighted by molar-refractivity contribution is -0.115. The molecule has 0 radical (unpaired) electrons. The molecule has 0 unspecified atom stereocenters. The summed E-state index contributed by atoms with van der Waals surface area (Å²) in [6.45, 7) is -0.400. The van der Waals surface area contributed by atoms with E-state index in [1.807, 2.05) is 36.4 Å². The second kappa shape index (κ2) is 8.48. The van der Waals surface area contributed by atoms with Gasteiger partial charge in [0.2, 0.25) is 15.9 Å². The summed E-state index contributed by atoms with van der Waals surface area (Å²) in [5.74, 6) is -0.505. The lowest BCUT2D eigenvalue weighted by atomic mass is 10.1. The van der Waals surface area contributed by atoms with Gasteiger partial charge in [0, 0.05) is 5.69 Å². The molecular weight excluding hydrogens is 374 g/mol. The van der Waals surface area contributed by atoms with E-state index in [1.54, 1.807) is 36.4 Å². The third kappa shape index (κ3) is 4.82. The highest BCUT2D eigenvalue weighted by Gasteiger charge is 2.15. The number of nitrogens with zero attached hydrogens (tertiary/aromatic N) is 1. The fourth-order valence-electron chi connectivity index (χ4n) is 2.53. The van der Waals surface area contributed by atoms with Crippen molar-refractivity contribution in [2.45, 2.75) is 4.90 Å². The third-order valence-electron chi connectivity index (χ3n) is 3.99. The molecule has 1 amide bonds. The molecule has 3 aromatic rings. The zero-order valence-electron chi connectivity index (χ0n) is 14.8. The summed E-state index contributed by atoms with van der Waals surface area (Å²) in [5, 5.41) is 11.3. The van der Waals surface area contributed by atoms with E-state index in [0.717, 1.165) is 11.1 Å². The quantitative estimate of drug-likeness (QED) is 0.674. The van der Waals surface area contributed by atoms with Gasteiger partial charge in [-0.2, -0.15) is 5.26 Å². The van der Waals surface area contributed by atoms with E-state index < -0.39 is 22.5 Å². The minimum Gasteiger partial charge on any atom is -0.325 e. The van der Waals surface area contributed by atoms with Crippen LogP contribution in [0.15, 0.2) is 83.8 Å². The lowest BCUT2D eigenvalue weighted by Crippen LogP contribution is -2.32. The number of carbonyl (C=O) groups is 1. The zero-order chi connectivity index (χ0) is 20.0. The molecule has 0 aromatic heterocycles. The minimum absolute atomic E-state index is 0.0818. The Morgan fingerprint density at radius 3 is 2.07 bits per heavy atom. The van der Waals surface area contributed by atoms with Crippen molar-refractivity contribution in [3.8, 4) is 17.2 Å². The van der Waals surface area contributed by atoms with Crippen LogP contribution in [0.2, 0.25) is 0 Å². The average Bonchev–Trinajstić information content (AvgIpc) is 2.74. The molecule has 7 heteroatoms. The first-order valence-electron chi connectivity index (χ1n) is 8.43. The van der Waals surface area contributed by atoms with Gasteiger partial charge in [-0.25, -0.2) is 13.1 Å². The van der Waals surface area contributed by atoms with E-state index in [9.17, 15) is 13.2 Å². The van der Waals surface area contributed by atoms with Crippen molar-refractivity contribution < 1.29 is 13.2 Å². The Hall–Kier alpha value is -3.47. The molecule has 140 valence electrons. The predicted octanol–water partition coefficient (Wildman–Crippen LogP) is 3.14. The summed E-state index contributed by atoms with van der Waals surface area (Å²) in [5.41, 5.74) is 2.84. The number of anilines is 1. The fourth-order valence-corrected chi connectivity index (χ4v) is 3.52. The molecule has 3 aromatic carbocycles. The van der Waals surface area contributed by atoms with Gasteiger partial charge in [0.15, 0.2) is 0 Å². The van der Waals surface area contributed by atoms with Gasteiger partial charge in [-0.3, -0.25) is 4.79 Å². The fraction of sp³-hybridized carbons (Fsp3) is 0.0476. The van der Waals surface area contributed by atoms with E-state index in [4.69, 9.17) is 5.26 Å². The van der Waals surface area contributed by atoms with Crippen molar-refractivity contribution in [3.63, 3.8) is 0 Å². The highest BCUT2D eigenvalue weighted by atomic mass is 32.2. The first-order valence-corrected chi connectivity index (χ1v) is 9.91. The number of sulfonamides is 1. The molecule has 3 rings (SSSR count). The second-order valence-corrected chi connectivity index (χ2v) is 7.72. The average molecular weight is 391 g/mol. The normalized spacial score (nSPS) is 10.8. The number of amides is 1. The largest absolute Gasteiger partial charge is 0.325 e. The maximum absolute atomic E-state index is 12.4. The Labute approximate surface area is 163 Å². The standard InChI is InChI=1S/C21H17N3O3S/c22-14-16-6-10-19(11-7-16)24-21(25)15-23-28(26,27)20-12-8-18(9-13-20)17-4-2-1-3-5-17/h1-13,23H,15H2,(H,24,25). The molecule has 0 fully saturated rings. The summed E-state index contributed by atoms with van der Waals surface area (Å²) in [6.07, 6.45) is 0. The maximum atomic E-state index is 12.4. The molecule has 0 aliphatic heterocycles. The van der Waals surface area contributed by atoms with Crippen LogP contribution in [0.4, 0.5) is 5.69 Å². The van der Waals surface area contributed by atoms with Crippen molar-refractivity contribution in [3.05, 3.63) is 84.4 Å². The second-order valence-electron chi connectivity index (χ2n) is 5.95. The van der Waals surface area contributed by atoms with Crippen molar-refractivity contribution in [1.82, 2.24) is 4.72 Å². The molecule has 0 heterocycles. The van der Waals surface area contributed by atoms with E-state index >= 15 is 0 Å². The summed E-state index contributed by atoms with van der Waals surface area (Å²) >= 11 is 0. The third-order valence-corrected chi connectivity index (χ3v) is 5.41. The first kappa shape index (κ1) is 19.3. The monoisotopic (exact) mass is 391 g/mol. The van der Waals surface area contributed by atoms with Crippen LogP contribution in [0.5, 0.6) is 0 Å². The van der Waals surface area contributed by atoms with Crippen LogP contribution in [0.1, 0.15) is 5.56 Å². The predicted molar refractivity (Wildman–Crippen MR) is 107 cm³/mol. The van der Waals surface area contributed by atoms with Crippen LogP contribution < -0.4 is 10.0 Å². The van der Waals surface area contributed by atoms with E-state index in [0.29, 0.717) is 11.3 Å². The maximum Gasteiger partial charge on any atom is 0.241 e. The van der Waals surface area contributed by atoms with Gasteiger partial charge >= 0.3 is 0 Å². The molecule has 0 saturated heterocycles. The van der Waals surface area contributed by atoms with E-state index in [-0.39, 0.29) is 4.90 Å². The Morgan fingerprint density at radius 2 is 1.46 bits per heavy atom. The van der Waals surface area contributed by atoms with Gasteiger partial charge < -0.3 is 5.32 Å². The molecule has 0 bridgehead atoms. The SMILES string of the molecule is N#Cc1ccc(NC(=O)CNS(=O)(=O)c2ccc(-c3ccccc3)cc2)cc1. The van der Waals surface area contributed by atoms with Crippen molar-refractivity contribution in [1.29, 1.82) is 5.26 Å². The highest BCUT2D eigenvalue weighted by Crippen LogP contribution is 2.20. The highest BCUT2D eigenvalue weighted by molar-refractivity contribution is 7.89. The topological polar surface area (TPSA) is 99.1 Å². The molecule has 2 N–H and O–H groups in total. The van der Waals surface area contributed by atoms with Crippen molar-refractivity contribution in [2.24, 2.45) is 0 Å². The number of nitriles is 1. The molecule has 0 atom stereocenters. The number of rotatable bonds is 6. The Kier molecular flexibility index (Phi) is 5.84. The van der Waals surface area contributed by atoms with Gasteiger partial charge in [0.05, 0.1) is 23.1 Å². The molecule has 6 nitrogen and oxygen atoms in total. The van der Waals surface area contributed by atoms with E-state index in [2.05, 4.69) is 10.0 Å². The van der Waals surface area contributed by atoms with Gasteiger partial charge in [0.25, 0.3) is 0 Å². The summed E-state index contributed by atoms with van der Waals surface area (Å²) in [7, 11) is -3.81. The summed E-state index contributed by atoms with van der Waals surface area (Å²) < 4.78 is 27.1. The van der Waals surface area contributed by atoms with Crippen LogP contribution in [0.3, 0.4) is 0 Å². The Bertz CT molecular complexity index is 1100. The molecule has 0 aliphatic rings. The molecule has 28 heavy (non-hydrogen) atoms. The number of hydrogen-bond donors (Lipinski definition) is 2. The van der Waals surface area contributed by atoms with Gasteiger partial charge in [-0.05, 0) is 47.5 Å². The molecule has 0 aliphatic carbocycles. The Balaban J connectivity index is 1.61. The molecular formula is C21H17N3O3S. The van der Waals surface area contributed by atoms with Gasteiger partial charge in [0.1, 0.15) is 0 Å². The number of nitrogens with one attached hydrogen (secondary N) is 2. The molecule has 0 saturated carbocycles. The number of hydrogen-bond acceptors (Lipinski definition) is 4. The van der Waals surface area contributed by atoms with Crippen LogP contribution in [-0.4, -0.2) is 20.9 Å². The van der Waals surface area contributed by atoms with Crippen molar-refractivity contribution in [2.75, 3.05) is 11.9 Å². The van der Waals surface area contributed by atoms with Crippen LogP contribution in [0, 0.1) is 11.3 Å². The van der Waals surface area contributed by atoms with Gasteiger partial charge in [-0.1, -0.05) is 42.5 Å². The minimum atomic E-state index is -3.81. The summed E-state index contributed by atoms with van der Waals surface area (Å²) in [6, 6.07) is 24.3. The van der Waals surface area contributed by atoms with Crippen LogP contribution >= 0.6 is 0 Å². The number of benzene rings is 3. The van der Waals surface area contributed by atoms with E-state index in [1.165, 1.54) is 12.1 Å². The molecule has 0 spiro atoms. The van der Waals surface area contributed by atoms with Crippen LogP contribution in [-0.2, 0) is 14.8 Å². The zero-order valence-corrected chi connectivity index (χ0v) is 15.6. The number of carbonyl (C=O) groups excluding carboxylic acids is 1. The Morgan fingerprint density at radius 1 is 0.857 bits per heavy atom. The van der Waals surface area contributed by atoms with Gasteiger partial charge in [-0.15, -0.1) is 0 Å².